The highest BCUT2D eigenvalue weighted by atomic mass is 16.5. The summed E-state index contributed by atoms with van der Waals surface area (Å²) in [6.07, 6.45) is 10.3. The zero-order valence-electron chi connectivity index (χ0n) is 9.84. The van der Waals surface area contributed by atoms with Crippen molar-refractivity contribution in [3.63, 3.8) is 0 Å². The predicted octanol–water partition coefficient (Wildman–Crippen LogP) is 3.22. The van der Waals surface area contributed by atoms with Crippen LogP contribution in [0.4, 0.5) is 0 Å². The lowest BCUT2D eigenvalue weighted by Gasteiger charge is -2.20. The van der Waals surface area contributed by atoms with Crippen molar-refractivity contribution in [2.75, 3.05) is 0 Å². The second-order valence-electron chi connectivity index (χ2n) is 4.15. The van der Waals surface area contributed by atoms with Crippen LogP contribution in [0.2, 0.25) is 0 Å². The van der Waals surface area contributed by atoms with Gasteiger partial charge in [0.15, 0.2) is 0 Å². The van der Waals surface area contributed by atoms with Crippen molar-refractivity contribution in [3.05, 3.63) is 12.7 Å². The van der Waals surface area contributed by atoms with Gasteiger partial charge in [-0.15, -0.1) is 6.58 Å². The fourth-order valence-corrected chi connectivity index (χ4v) is 1.83. The van der Waals surface area contributed by atoms with Gasteiger partial charge in [-0.2, -0.15) is 0 Å². The molecule has 0 radical (unpaired) electrons. The van der Waals surface area contributed by atoms with Crippen molar-refractivity contribution < 1.29 is 9.53 Å². The molecule has 0 aromatic carbocycles. The average Bonchev–Trinajstić information content (AvgIpc) is 2.30. The van der Waals surface area contributed by atoms with Crippen LogP contribution in [0.15, 0.2) is 12.7 Å². The van der Waals surface area contributed by atoms with E-state index in [2.05, 4.69) is 18.4 Å². The largest absolute Gasteiger partial charge is 0.453 e. The van der Waals surface area contributed by atoms with Crippen LogP contribution in [0.5, 0.6) is 0 Å². The first-order chi connectivity index (χ1) is 7.83. The van der Waals surface area contributed by atoms with Crippen molar-refractivity contribution in [1.82, 2.24) is 0 Å². The lowest BCUT2D eigenvalue weighted by atomic mass is 9.98. The summed E-state index contributed by atoms with van der Waals surface area (Å²) >= 11 is 0. The van der Waals surface area contributed by atoms with Crippen LogP contribution in [0.3, 0.4) is 0 Å². The maximum Gasteiger partial charge on any atom is 0.384 e. The van der Waals surface area contributed by atoms with Crippen LogP contribution in [-0.2, 0) is 9.53 Å². The normalized spacial score (nSPS) is 16.0. The Balaban J connectivity index is 2.15. The van der Waals surface area contributed by atoms with Crippen LogP contribution >= 0.6 is 0 Å². The Morgan fingerprint density at radius 3 is 2.81 bits per heavy atom. The van der Waals surface area contributed by atoms with Crippen LogP contribution < -0.4 is 0 Å². The van der Waals surface area contributed by atoms with Crippen molar-refractivity contribution in [2.45, 2.75) is 57.5 Å². The Bertz CT molecular complexity index is 277. The maximum absolute atomic E-state index is 11.3. The van der Waals surface area contributed by atoms with E-state index in [-0.39, 0.29) is 12.1 Å². The Hall–Kier alpha value is -1.23. The van der Waals surface area contributed by atoms with Gasteiger partial charge in [0.1, 0.15) is 6.10 Å². The zero-order valence-corrected chi connectivity index (χ0v) is 9.84. The SMILES string of the molecule is C=CCCCC#CC(=O)OC1CCCCC1. The molecule has 0 unspecified atom stereocenters. The summed E-state index contributed by atoms with van der Waals surface area (Å²) in [4.78, 5) is 11.3. The van der Waals surface area contributed by atoms with E-state index in [0.717, 1.165) is 32.1 Å². The van der Waals surface area contributed by atoms with Crippen molar-refractivity contribution in [2.24, 2.45) is 0 Å². The van der Waals surface area contributed by atoms with E-state index in [1.165, 1.54) is 19.3 Å². The van der Waals surface area contributed by atoms with Gasteiger partial charge in [0.2, 0.25) is 0 Å². The van der Waals surface area contributed by atoms with E-state index < -0.39 is 0 Å². The number of rotatable bonds is 4. The van der Waals surface area contributed by atoms with Crippen molar-refractivity contribution in [1.29, 1.82) is 0 Å². The summed E-state index contributed by atoms with van der Waals surface area (Å²) in [6, 6.07) is 0. The summed E-state index contributed by atoms with van der Waals surface area (Å²) in [5, 5.41) is 0. The minimum absolute atomic E-state index is 0.115. The summed E-state index contributed by atoms with van der Waals surface area (Å²) in [5.41, 5.74) is 0. The van der Waals surface area contributed by atoms with Crippen molar-refractivity contribution >= 4 is 5.97 Å². The third-order valence-electron chi connectivity index (χ3n) is 2.73. The number of carbonyl (C=O) groups is 1. The lowest BCUT2D eigenvalue weighted by Crippen LogP contribution is -2.19. The molecule has 0 aliphatic heterocycles. The molecule has 2 nitrogen and oxygen atoms in total. The number of esters is 1. The van der Waals surface area contributed by atoms with Gasteiger partial charge in [-0.3, -0.25) is 0 Å². The molecule has 1 rings (SSSR count). The Morgan fingerprint density at radius 1 is 1.38 bits per heavy atom. The molecule has 0 spiro atoms. The van der Waals surface area contributed by atoms with Crippen LogP contribution in [0.25, 0.3) is 0 Å². The second-order valence-corrected chi connectivity index (χ2v) is 4.15. The van der Waals surface area contributed by atoms with E-state index in [0.29, 0.717) is 0 Å². The van der Waals surface area contributed by atoms with Gasteiger partial charge < -0.3 is 4.74 Å². The predicted molar refractivity (Wildman–Crippen MR) is 64.8 cm³/mol. The average molecular weight is 220 g/mol. The van der Waals surface area contributed by atoms with E-state index >= 15 is 0 Å². The van der Waals surface area contributed by atoms with Gasteiger partial charge in [-0.1, -0.05) is 18.4 Å². The molecule has 1 aliphatic rings. The zero-order chi connectivity index (χ0) is 11.6. The molecule has 0 aromatic rings. The maximum atomic E-state index is 11.3. The third-order valence-corrected chi connectivity index (χ3v) is 2.73. The molecule has 1 saturated carbocycles. The molecule has 0 N–H and O–H groups in total. The molecule has 0 heterocycles. The molecular weight excluding hydrogens is 200 g/mol. The van der Waals surface area contributed by atoms with Gasteiger partial charge in [-0.25, -0.2) is 4.79 Å². The fraction of sp³-hybridized carbons (Fsp3) is 0.643. The topological polar surface area (TPSA) is 26.3 Å². The van der Waals surface area contributed by atoms with Crippen molar-refractivity contribution in [3.8, 4) is 11.8 Å². The second kappa shape index (κ2) is 7.98. The molecule has 1 aliphatic carbocycles. The fourth-order valence-electron chi connectivity index (χ4n) is 1.83. The molecular formula is C14H20O2. The smallest absolute Gasteiger partial charge is 0.384 e. The molecule has 0 amide bonds. The molecule has 0 atom stereocenters. The monoisotopic (exact) mass is 220 g/mol. The van der Waals surface area contributed by atoms with Gasteiger partial charge in [-0.05, 0) is 38.5 Å². The Kier molecular flexibility index (Phi) is 6.41. The molecule has 0 aromatic heterocycles. The first kappa shape index (κ1) is 12.8. The van der Waals surface area contributed by atoms with Gasteiger partial charge in [0.05, 0.1) is 0 Å². The summed E-state index contributed by atoms with van der Waals surface area (Å²) < 4.78 is 5.27. The Labute approximate surface area is 98.1 Å². The van der Waals surface area contributed by atoms with Gasteiger partial charge >= 0.3 is 5.97 Å². The van der Waals surface area contributed by atoms with E-state index in [1.54, 1.807) is 0 Å². The van der Waals surface area contributed by atoms with Gasteiger partial charge in [0, 0.05) is 12.3 Å². The number of hydrogen-bond donors (Lipinski definition) is 0. The standard InChI is InChI=1S/C14H20O2/c1-2-3-4-5-9-12-14(15)16-13-10-7-6-8-11-13/h2,13H,1,3-8,10-11H2. The minimum Gasteiger partial charge on any atom is -0.453 e. The molecule has 88 valence electrons. The number of ether oxygens (including phenoxy) is 1. The third kappa shape index (κ3) is 5.60. The van der Waals surface area contributed by atoms with E-state index in [1.807, 2.05) is 6.08 Å². The highest BCUT2D eigenvalue weighted by Crippen LogP contribution is 2.20. The van der Waals surface area contributed by atoms with Crippen LogP contribution in [0.1, 0.15) is 51.4 Å². The highest BCUT2D eigenvalue weighted by molar-refractivity contribution is 5.88. The minimum atomic E-state index is -0.356. The van der Waals surface area contributed by atoms with Crippen LogP contribution in [-0.4, -0.2) is 12.1 Å². The number of allylic oxidation sites excluding steroid dienone is 1. The molecule has 0 bridgehead atoms. The number of unbranched alkanes of at least 4 members (excludes halogenated alkanes) is 2. The molecule has 16 heavy (non-hydrogen) atoms. The highest BCUT2D eigenvalue weighted by Gasteiger charge is 2.16. The first-order valence-electron chi connectivity index (χ1n) is 6.13. The molecule has 2 heteroatoms. The molecule has 0 saturated heterocycles. The number of hydrogen-bond acceptors (Lipinski definition) is 2. The quantitative estimate of drug-likeness (QED) is 0.239. The summed E-state index contributed by atoms with van der Waals surface area (Å²) in [5.74, 6) is 5.02. The van der Waals surface area contributed by atoms with Crippen LogP contribution in [0, 0.1) is 11.8 Å². The Morgan fingerprint density at radius 2 is 2.12 bits per heavy atom. The summed E-state index contributed by atoms with van der Waals surface area (Å²) in [6.45, 7) is 3.63. The van der Waals surface area contributed by atoms with E-state index in [9.17, 15) is 4.79 Å². The summed E-state index contributed by atoms with van der Waals surface area (Å²) in [7, 11) is 0. The first-order valence-corrected chi connectivity index (χ1v) is 6.13. The lowest BCUT2D eigenvalue weighted by molar-refractivity contribution is -0.143. The van der Waals surface area contributed by atoms with Gasteiger partial charge in [0.25, 0.3) is 0 Å². The number of carbonyl (C=O) groups excluding carboxylic acids is 1. The molecule has 1 fully saturated rings. The van der Waals surface area contributed by atoms with E-state index in [4.69, 9.17) is 4.74 Å².